The van der Waals surface area contributed by atoms with Crippen molar-refractivity contribution in [3.05, 3.63) is 18.0 Å². The van der Waals surface area contributed by atoms with Gasteiger partial charge in [-0.25, -0.2) is 23.2 Å². The Hall–Kier alpha value is -1.02. The van der Waals surface area contributed by atoms with E-state index in [1.807, 2.05) is 0 Å². The fourth-order valence-corrected chi connectivity index (χ4v) is 1.93. The molecule has 0 aliphatic heterocycles. The third-order valence-electron chi connectivity index (χ3n) is 1.45. The number of carbonyl (C=O) groups is 1. The number of halogens is 1. The quantitative estimate of drug-likeness (QED) is 0.455. The summed E-state index contributed by atoms with van der Waals surface area (Å²) < 4.78 is 26.8. The number of hydrogen-bond acceptors (Lipinski definition) is 6. The molecular weight excluding hydrogens is 288 g/mol. The zero-order chi connectivity index (χ0) is 11.5. The molecule has 0 saturated carbocycles. The van der Waals surface area contributed by atoms with Crippen molar-refractivity contribution in [2.45, 2.75) is 5.16 Å². The topological polar surface area (TPSA) is 86.2 Å². The van der Waals surface area contributed by atoms with Crippen LogP contribution in [-0.4, -0.2) is 36.1 Å². The summed E-state index contributed by atoms with van der Waals surface area (Å²) in [6, 6.07) is 1.28. The van der Waals surface area contributed by atoms with Crippen molar-refractivity contribution >= 4 is 31.7 Å². The van der Waals surface area contributed by atoms with Crippen molar-refractivity contribution in [1.82, 2.24) is 9.97 Å². The standard InChI is InChI=1S/C7H7BrN2O4S/c1-14-6(11)5-2-3-9-7(10-5)15(12,13)4-8/h2-3H,4H2,1H3. The molecule has 0 aromatic carbocycles. The van der Waals surface area contributed by atoms with Gasteiger partial charge in [-0.15, -0.1) is 0 Å². The van der Waals surface area contributed by atoms with Gasteiger partial charge in [-0.1, -0.05) is 15.9 Å². The van der Waals surface area contributed by atoms with E-state index < -0.39 is 21.0 Å². The number of alkyl halides is 1. The molecule has 0 atom stereocenters. The Balaban J connectivity index is 3.20. The molecule has 1 aromatic rings. The first-order valence-electron chi connectivity index (χ1n) is 3.71. The lowest BCUT2D eigenvalue weighted by Gasteiger charge is -2.00. The van der Waals surface area contributed by atoms with Crippen molar-refractivity contribution in [3.8, 4) is 0 Å². The third kappa shape index (κ3) is 2.72. The Morgan fingerprint density at radius 3 is 2.80 bits per heavy atom. The average Bonchev–Trinajstić information content (AvgIpc) is 2.28. The number of nitrogens with zero attached hydrogens (tertiary/aromatic N) is 2. The first-order valence-corrected chi connectivity index (χ1v) is 6.48. The highest BCUT2D eigenvalue weighted by Gasteiger charge is 2.18. The van der Waals surface area contributed by atoms with Gasteiger partial charge in [0.1, 0.15) is 4.66 Å². The highest BCUT2D eigenvalue weighted by molar-refractivity contribution is 9.10. The lowest BCUT2D eigenvalue weighted by Crippen LogP contribution is -2.12. The Kier molecular flexibility index (Phi) is 3.75. The van der Waals surface area contributed by atoms with Crippen LogP contribution in [0.1, 0.15) is 10.5 Å². The van der Waals surface area contributed by atoms with Crippen LogP contribution in [0, 0.1) is 0 Å². The minimum atomic E-state index is -3.58. The van der Waals surface area contributed by atoms with Crippen molar-refractivity contribution in [3.63, 3.8) is 0 Å². The normalized spacial score (nSPS) is 11.1. The number of ether oxygens (including phenoxy) is 1. The summed E-state index contributed by atoms with van der Waals surface area (Å²) in [5.74, 6) is -0.705. The molecule has 6 nitrogen and oxygen atoms in total. The van der Waals surface area contributed by atoms with Gasteiger partial charge >= 0.3 is 5.97 Å². The third-order valence-corrected chi connectivity index (χ3v) is 4.30. The SMILES string of the molecule is COC(=O)c1ccnc(S(=O)(=O)CBr)n1. The molecule has 0 unspecified atom stereocenters. The number of hydrogen-bond donors (Lipinski definition) is 0. The first-order chi connectivity index (χ1) is 7.01. The Labute approximate surface area is 94.7 Å². The molecule has 1 rings (SSSR count). The Morgan fingerprint density at radius 1 is 1.60 bits per heavy atom. The Bertz CT molecular complexity index is 474. The van der Waals surface area contributed by atoms with Crippen LogP contribution in [-0.2, 0) is 14.6 Å². The van der Waals surface area contributed by atoms with E-state index in [9.17, 15) is 13.2 Å². The van der Waals surface area contributed by atoms with Gasteiger partial charge in [0, 0.05) is 6.20 Å². The van der Waals surface area contributed by atoms with Crippen LogP contribution >= 0.6 is 15.9 Å². The molecule has 0 amide bonds. The molecule has 0 spiro atoms. The molecule has 0 radical (unpaired) electrons. The monoisotopic (exact) mass is 294 g/mol. The maximum atomic E-state index is 11.3. The van der Waals surface area contributed by atoms with E-state index in [2.05, 4.69) is 30.6 Å². The predicted octanol–water partition coefficient (Wildman–Crippen LogP) is 0.389. The smallest absolute Gasteiger partial charge is 0.356 e. The minimum Gasteiger partial charge on any atom is -0.464 e. The number of methoxy groups -OCH3 is 1. The van der Waals surface area contributed by atoms with Crippen LogP contribution in [0.3, 0.4) is 0 Å². The fraction of sp³-hybridized carbons (Fsp3) is 0.286. The van der Waals surface area contributed by atoms with Gasteiger partial charge in [0.15, 0.2) is 5.69 Å². The van der Waals surface area contributed by atoms with Crippen LogP contribution < -0.4 is 0 Å². The van der Waals surface area contributed by atoms with Crippen LogP contribution in [0.2, 0.25) is 0 Å². The lowest BCUT2D eigenvalue weighted by molar-refractivity contribution is 0.0593. The van der Waals surface area contributed by atoms with Gasteiger partial charge in [-0.3, -0.25) is 0 Å². The summed E-state index contributed by atoms with van der Waals surface area (Å²) in [7, 11) is -2.39. The summed E-state index contributed by atoms with van der Waals surface area (Å²) in [6.45, 7) is 0. The van der Waals surface area contributed by atoms with Gasteiger partial charge in [-0.2, -0.15) is 0 Å². The Morgan fingerprint density at radius 2 is 2.27 bits per heavy atom. The molecule has 1 heterocycles. The summed E-state index contributed by atoms with van der Waals surface area (Å²) in [4.78, 5) is 18.2. The predicted molar refractivity (Wildman–Crippen MR) is 54.4 cm³/mol. The lowest BCUT2D eigenvalue weighted by atomic mass is 10.4. The van der Waals surface area contributed by atoms with Gasteiger partial charge in [-0.05, 0) is 6.07 Å². The molecule has 15 heavy (non-hydrogen) atoms. The second-order valence-electron chi connectivity index (χ2n) is 2.44. The zero-order valence-corrected chi connectivity index (χ0v) is 10.1. The number of sulfone groups is 1. The highest BCUT2D eigenvalue weighted by atomic mass is 79.9. The summed E-state index contributed by atoms with van der Waals surface area (Å²) in [5, 5.41) is -0.401. The van der Waals surface area contributed by atoms with E-state index in [0.717, 1.165) is 0 Å². The molecule has 8 heteroatoms. The fourth-order valence-electron chi connectivity index (χ4n) is 0.758. The maximum Gasteiger partial charge on any atom is 0.356 e. The maximum absolute atomic E-state index is 11.3. The van der Waals surface area contributed by atoms with E-state index in [0.29, 0.717) is 0 Å². The van der Waals surface area contributed by atoms with Crippen LogP contribution in [0.5, 0.6) is 0 Å². The molecule has 1 aromatic heterocycles. The average molecular weight is 295 g/mol. The molecule has 0 bridgehead atoms. The molecule has 0 aliphatic carbocycles. The summed E-state index contributed by atoms with van der Waals surface area (Å²) in [5.41, 5.74) is -0.0907. The van der Waals surface area contributed by atoms with E-state index in [1.54, 1.807) is 0 Å². The summed E-state index contributed by atoms with van der Waals surface area (Å²) >= 11 is 2.80. The number of rotatable bonds is 3. The molecule has 82 valence electrons. The van der Waals surface area contributed by atoms with E-state index in [1.165, 1.54) is 19.4 Å². The zero-order valence-electron chi connectivity index (χ0n) is 7.68. The molecule has 0 fully saturated rings. The van der Waals surface area contributed by atoms with Crippen molar-refractivity contribution < 1.29 is 17.9 Å². The van der Waals surface area contributed by atoms with Gasteiger partial charge in [0.2, 0.25) is 15.0 Å². The molecule has 0 N–H and O–H groups in total. The van der Waals surface area contributed by atoms with Gasteiger partial charge in [0.05, 0.1) is 7.11 Å². The molecule has 0 saturated heterocycles. The molecular formula is C7H7BrN2O4S. The number of carbonyl (C=O) groups excluding carboxylic acids is 1. The van der Waals surface area contributed by atoms with E-state index in [-0.39, 0.29) is 10.4 Å². The molecule has 0 aliphatic rings. The second-order valence-corrected chi connectivity index (χ2v) is 5.63. The summed E-state index contributed by atoms with van der Waals surface area (Å²) in [6.07, 6.45) is 1.19. The minimum absolute atomic E-state index is 0.0907. The second kappa shape index (κ2) is 4.67. The van der Waals surface area contributed by atoms with Crippen LogP contribution in [0.15, 0.2) is 17.4 Å². The van der Waals surface area contributed by atoms with E-state index in [4.69, 9.17) is 0 Å². The van der Waals surface area contributed by atoms with Crippen molar-refractivity contribution in [2.75, 3.05) is 11.8 Å². The van der Waals surface area contributed by atoms with Crippen LogP contribution in [0.25, 0.3) is 0 Å². The van der Waals surface area contributed by atoms with Crippen molar-refractivity contribution in [1.29, 1.82) is 0 Å². The largest absolute Gasteiger partial charge is 0.464 e. The van der Waals surface area contributed by atoms with Gasteiger partial charge in [0.25, 0.3) is 0 Å². The van der Waals surface area contributed by atoms with E-state index >= 15 is 0 Å². The number of aromatic nitrogens is 2. The van der Waals surface area contributed by atoms with Crippen molar-refractivity contribution in [2.24, 2.45) is 0 Å². The highest BCUT2D eigenvalue weighted by Crippen LogP contribution is 2.08. The van der Waals surface area contributed by atoms with Crippen LogP contribution in [0.4, 0.5) is 0 Å². The van der Waals surface area contributed by atoms with Gasteiger partial charge < -0.3 is 4.74 Å². The number of esters is 1. The first kappa shape index (κ1) is 12.1.